The summed E-state index contributed by atoms with van der Waals surface area (Å²) in [7, 11) is 0. The highest BCUT2D eigenvalue weighted by molar-refractivity contribution is 8.00. The van der Waals surface area contributed by atoms with Gasteiger partial charge >= 0.3 is 0 Å². The van der Waals surface area contributed by atoms with E-state index >= 15 is 0 Å². The Bertz CT molecular complexity index is 354. The van der Waals surface area contributed by atoms with E-state index in [9.17, 15) is 8.78 Å². The molecule has 1 aliphatic rings. The van der Waals surface area contributed by atoms with Crippen molar-refractivity contribution in [3.63, 3.8) is 0 Å². The van der Waals surface area contributed by atoms with Crippen LogP contribution in [-0.4, -0.2) is 5.25 Å². The maximum absolute atomic E-state index is 13.2. The smallest absolute Gasteiger partial charge is 0.140 e. The zero-order valence-corrected chi connectivity index (χ0v) is 7.87. The molecule has 2 unspecified atom stereocenters. The first-order chi connectivity index (χ1) is 6.09. The Morgan fingerprint density at radius 2 is 2.08 bits per heavy atom. The van der Waals surface area contributed by atoms with Gasteiger partial charge in [0.1, 0.15) is 11.6 Å². The summed E-state index contributed by atoms with van der Waals surface area (Å²) in [6.07, 6.45) is 0. The van der Waals surface area contributed by atoms with Gasteiger partial charge in [0.15, 0.2) is 0 Å². The third kappa shape index (κ3) is 1.34. The third-order valence-electron chi connectivity index (χ3n) is 2.21. The lowest BCUT2D eigenvalue weighted by Crippen LogP contribution is -2.16. The van der Waals surface area contributed by atoms with Gasteiger partial charge in [-0.25, -0.2) is 8.78 Å². The summed E-state index contributed by atoms with van der Waals surface area (Å²) in [6.45, 7) is 1.91. The van der Waals surface area contributed by atoms with E-state index in [-0.39, 0.29) is 11.3 Å². The fourth-order valence-electron chi connectivity index (χ4n) is 1.46. The van der Waals surface area contributed by atoms with Crippen molar-refractivity contribution in [2.75, 3.05) is 0 Å². The van der Waals surface area contributed by atoms with E-state index in [4.69, 9.17) is 5.73 Å². The first-order valence-electron chi connectivity index (χ1n) is 4.01. The number of halogens is 2. The SMILES string of the molecule is CC1Sc2c(F)cc(F)cc2C1N. The Kier molecular flexibility index (Phi) is 2.04. The minimum atomic E-state index is -0.554. The van der Waals surface area contributed by atoms with Gasteiger partial charge in [0, 0.05) is 22.3 Å². The molecule has 0 amide bonds. The van der Waals surface area contributed by atoms with Crippen LogP contribution in [0.4, 0.5) is 8.78 Å². The van der Waals surface area contributed by atoms with Gasteiger partial charge in [-0.15, -0.1) is 11.8 Å². The van der Waals surface area contributed by atoms with E-state index in [0.717, 1.165) is 6.07 Å². The van der Waals surface area contributed by atoms with Crippen molar-refractivity contribution in [2.45, 2.75) is 23.1 Å². The molecule has 4 heteroatoms. The van der Waals surface area contributed by atoms with Crippen LogP contribution in [0.3, 0.4) is 0 Å². The van der Waals surface area contributed by atoms with Crippen LogP contribution in [0.25, 0.3) is 0 Å². The Morgan fingerprint density at radius 3 is 2.77 bits per heavy atom. The molecule has 1 aliphatic heterocycles. The molecule has 0 aromatic heterocycles. The lowest BCUT2D eigenvalue weighted by atomic mass is 10.1. The van der Waals surface area contributed by atoms with Gasteiger partial charge < -0.3 is 5.73 Å². The fourth-order valence-corrected chi connectivity index (χ4v) is 2.63. The minimum Gasteiger partial charge on any atom is -0.323 e. The molecule has 1 heterocycles. The lowest BCUT2D eigenvalue weighted by Gasteiger charge is -2.07. The van der Waals surface area contributed by atoms with Gasteiger partial charge in [-0.3, -0.25) is 0 Å². The van der Waals surface area contributed by atoms with E-state index in [2.05, 4.69) is 0 Å². The van der Waals surface area contributed by atoms with Gasteiger partial charge in [0.05, 0.1) is 0 Å². The first-order valence-corrected chi connectivity index (χ1v) is 4.88. The van der Waals surface area contributed by atoms with Crippen molar-refractivity contribution in [1.82, 2.24) is 0 Å². The van der Waals surface area contributed by atoms with E-state index in [1.54, 1.807) is 0 Å². The second-order valence-electron chi connectivity index (χ2n) is 3.15. The summed E-state index contributed by atoms with van der Waals surface area (Å²) in [4.78, 5) is 0.501. The number of rotatable bonds is 0. The van der Waals surface area contributed by atoms with E-state index < -0.39 is 11.6 Å². The molecule has 2 N–H and O–H groups in total. The minimum absolute atomic E-state index is 0.117. The first kappa shape index (κ1) is 8.97. The predicted molar refractivity (Wildman–Crippen MR) is 48.6 cm³/mol. The van der Waals surface area contributed by atoms with Crippen LogP contribution in [0.15, 0.2) is 17.0 Å². The second-order valence-corrected chi connectivity index (χ2v) is 4.54. The molecule has 1 nitrogen and oxygen atoms in total. The van der Waals surface area contributed by atoms with E-state index in [1.807, 2.05) is 6.92 Å². The molecule has 1 aromatic carbocycles. The van der Waals surface area contributed by atoms with Gasteiger partial charge in [-0.2, -0.15) is 0 Å². The number of hydrogen-bond acceptors (Lipinski definition) is 2. The summed E-state index contributed by atoms with van der Waals surface area (Å²) in [5.41, 5.74) is 6.37. The normalized spacial score (nSPS) is 26.2. The molecule has 0 radical (unpaired) electrons. The van der Waals surface area contributed by atoms with Gasteiger partial charge in [-0.05, 0) is 11.6 Å². The average Bonchev–Trinajstić information content (AvgIpc) is 2.32. The topological polar surface area (TPSA) is 26.0 Å². The third-order valence-corrected chi connectivity index (χ3v) is 3.54. The van der Waals surface area contributed by atoms with Crippen LogP contribution in [0, 0.1) is 11.6 Å². The summed E-state index contributed by atoms with van der Waals surface area (Å²) in [6, 6.07) is 1.96. The number of hydrogen-bond donors (Lipinski definition) is 1. The molecule has 0 saturated heterocycles. The average molecular weight is 201 g/mol. The Balaban J connectivity index is 2.57. The summed E-state index contributed by atoms with van der Waals surface area (Å²) in [5, 5.41) is 0.117. The molecule has 70 valence electrons. The summed E-state index contributed by atoms with van der Waals surface area (Å²) < 4.78 is 26.0. The number of thioether (sulfide) groups is 1. The number of fused-ring (bicyclic) bond motifs is 1. The van der Waals surface area contributed by atoms with Crippen molar-refractivity contribution >= 4 is 11.8 Å². The van der Waals surface area contributed by atoms with Crippen LogP contribution in [0.1, 0.15) is 18.5 Å². The molecule has 0 saturated carbocycles. The molecule has 0 spiro atoms. The molecular formula is C9H9F2NS. The van der Waals surface area contributed by atoms with Gasteiger partial charge in [0.2, 0.25) is 0 Å². The molecule has 0 fully saturated rings. The molecule has 0 bridgehead atoms. The van der Waals surface area contributed by atoms with Gasteiger partial charge in [0.25, 0.3) is 0 Å². The molecule has 1 aromatic rings. The van der Waals surface area contributed by atoms with Crippen LogP contribution >= 0.6 is 11.8 Å². The monoisotopic (exact) mass is 201 g/mol. The van der Waals surface area contributed by atoms with E-state index in [1.165, 1.54) is 17.8 Å². The molecular weight excluding hydrogens is 192 g/mol. The van der Waals surface area contributed by atoms with Crippen LogP contribution in [-0.2, 0) is 0 Å². The Hall–Kier alpha value is -0.610. The maximum atomic E-state index is 13.2. The van der Waals surface area contributed by atoms with Crippen molar-refractivity contribution in [2.24, 2.45) is 5.73 Å². The van der Waals surface area contributed by atoms with Crippen molar-refractivity contribution < 1.29 is 8.78 Å². The summed E-state index contributed by atoms with van der Waals surface area (Å²) in [5.74, 6) is -1.05. The number of benzene rings is 1. The van der Waals surface area contributed by atoms with Crippen molar-refractivity contribution in [1.29, 1.82) is 0 Å². The van der Waals surface area contributed by atoms with Crippen LogP contribution in [0.5, 0.6) is 0 Å². The van der Waals surface area contributed by atoms with Gasteiger partial charge in [-0.1, -0.05) is 6.92 Å². The Labute approximate surface area is 79.3 Å². The van der Waals surface area contributed by atoms with Crippen molar-refractivity contribution in [3.8, 4) is 0 Å². The standard InChI is InChI=1S/C9H9F2NS/c1-4-8(12)6-2-5(10)3-7(11)9(6)13-4/h2-4,8H,12H2,1H3. The molecule has 13 heavy (non-hydrogen) atoms. The largest absolute Gasteiger partial charge is 0.323 e. The van der Waals surface area contributed by atoms with E-state index in [0.29, 0.717) is 10.5 Å². The highest BCUT2D eigenvalue weighted by Gasteiger charge is 2.30. The number of nitrogens with two attached hydrogens (primary N) is 1. The van der Waals surface area contributed by atoms with Crippen LogP contribution in [0.2, 0.25) is 0 Å². The maximum Gasteiger partial charge on any atom is 0.140 e. The quantitative estimate of drug-likeness (QED) is 0.697. The second kappa shape index (κ2) is 2.96. The van der Waals surface area contributed by atoms with Crippen molar-refractivity contribution in [3.05, 3.63) is 29.3 Å². The zero-order chi connectivity index (χ0) is 9.59. The lowest BCUT2D eigenvalue weighted by molar-refractivity contribution is 0.556. The predicted octanol–water partition coefficient (Wildman–Crippen LogP) is 2.46. The molecule has 2 rings (SSSR count). The Morgan fingerprint density at radius 1 is 1.38 bits per heavy atom. The van der Waals surface area contributed by atoms with Crippen LogP contribution < -0.4 is 5.73 Å². The molecule has 0 aliphatic carbocycles. The highest BCUT2D eigenvalue weighted by atomic mass is 32.2. The fraction of sp³-hybridized carbons (Fsp3) is 0.333. The summed E-state index contributed by atoms with van der Waals surface area (Å²) >= 11 is 1.37. The molecule has 2 atom stereocenters. The highest BCUT2D eigenvalue weighted by Crippen LogP contribution is 2.44. The zero-order valence-electron chi connectivity index (χ0n) is 7.05.